The van der Waals surface area contributed by atoms with Crippen molar-refractivity contribution < 1.29 is 24.4 Å². The second kappa shape index (κ2) is 5.26. The van der Waals surface area contributed by atoms with Crippen LogP contribution in [0.15, 0.2) is 18.2 Å². The Bertz CT molecular complexity index is 508. The van der Waals surface area contributed by atoms with E-state index in [0.717, 1.165) is 6.07 Å². The third kappa shape index (κ3) is 2.82. The number of rotatable bonds is 4. The van der Waals surface area contributed by atoms with Crippen molar-refractivity contribution in [2.45, 2.75) is 20.0 Å². The Labute approximate surface area is 102 Å². The molecule has 0 amide bonds. The van der Waals surface area contributed by atoms with Crippen LogP contribution in [0, 0.1) is 10.1 Å². The van der Waals surface area contributed by atoms with Gasteiger partial charge in [0.1, 0.15) is 0 Å². The van der Waals surface area contributed by atoms with Crippen molar-refractivity contribution in [3.8, 4) is 0 Å². The van der Waals surface area contributed by atoms with Gasteiger partial charge in [-0.25, -0.2) is 9.59 Å². The lowest BCUT2D eigenvalue weighted by atomic mass is 10.1. The van der Waals surface area contributed by atoms with Crippen LogP contribution in [0.2, 0.25) is 0 Å². The first-order valence-corrected chi connectivity index (χ1v) is 5.06. The fourth-order valence-corrected chi connectivity index (χ4v) is 1.36. The van der Waals surface area contributed by atoms with Gasteiger partial charge in [0.25, 0.3) is 5.69 Å². The number of carbonyl (C=O) groups is 2. The first kappa shape index (κ1) is 13.6. The Morgan fingerprint density at radius 2 is 2.00 bits per heavy atom. The van der Waals surface area contributed by atoms with Crippen molar-refractivity contribution in [3.63, 3.8) is 0 Å². The zero-order valence-electron chi connectivity index (χ0n) is 9.75. The van der Waals surface area contributed by atoms with E-state index < -0.39 is 34.2 Å². The maximum atomic E-state index is 11.6. The molecule has 0 unspecified atom stereocenters. The molecule has 0 aliphatic rings. The molecule has 0 aliphatic heterocycles. The number of nitro groups is 1. The molecule has 0 heterocycles. The minimum atomic E-state index is -1.54. The molecule has 0 saturated heterocycles. The van der Waals surface area contributed by atoms with Crippen molar-refractivity contribution >= 4 is 17.6 Å². The van der Waals surface area contributed by atoms with Crippen LogP contribution in [0.25, 0.3) is 0 Å². The van der Waals surface area contributed by atoms with Crippen LogP contribution in [-0.2, 0) is 4.74 Å². The van der Waals surface area contributed by atoms with Gasteiger partial charge in [0, 0.05) is 6.07 Å². The van der Waals surface area contributed by atoms with Crippen LogP contribution in [0.3, 0.4) is 0 Å². The van der Waals surface area contributed by atoms with E-state index in [0.29, 0.717) is 0 Å². The summed E-state index contributed by atoms with van der Waals surface area (Å²) in [6, 6.07) is 3.44. The third-order valence-corrected chi connectivity index (χ3v) is 2.02. The lowest BCUT2D eigenvalue weighted by Crippen LogP contribution is -2.16. The molecule has 0 atom stereocenters. The van der Waals surface area contributed by atoms with Crippen molar-refractivity contribution in [2.24, 2.45) is 0 Å². The van der Waals surface area contributed by atoms with Gasteiger partial charge < -0.3 is 9.84 Å². The standard InChI is InChI=1S/C11H11NO6/c1-6(2)18-11(15)7-4-3-5-8(12(16)17)9(7)10(13)14/h3-6H,1-2H3,(H,13,14). The predicted molar refractivity (Wildman–Crippen MR) is 60.6 cm³/mol. The molecule has 0 spiro atoms. The highest BCUT2D eigenvalue weighted by atomic mass is 16.6. The average Bonchev–Trinajstić information content (AvgIpc) is 2.26. The number of carboxylic acids is 1. The van der Waals surface area contributed by atoms with Gasteiger partial charge in [0.05, 0.1) is 16.6 Å². The Balaban J connectivity index is 3.36. The summed E-state index contributed by atoms with van der Waals surface area (Å²) < 4.78 is 4.84. The van der Waals surface area contributed by atoms with Gasteiger partial charge in [-0.1, -0.05) is 6.07 Å². The second-order valence-electron chi connectivity index (χ2n) is 3.72. The van der Waals surface area contributed by atoms with E-state index in [1.54, 1.807) is 13.8 Å². The molecule has 0 radical (unpaired) electrons. The molecular weight excluding hydrogens is 242 g/mol. The number of benzene rings is 1. The summed E-state index contributed by atoms with van der Waals surface area (Å²) in [5.74, 6) is -2.44. The molecule has 0 fully saturated rings. The number of aromatic carboxylic acids is 1. The summed E-state index contributed by atoms with van der Waals surface area (Å²) in [6.07, 6.45) is -0.446. The Morgan fingerprint density at radius 1 is 1.39 bits per heavy atom. The van der Waals surface area contributed by atoms with Crippen LogP contribution in [0.4, 0.5) is 5.69 Å². The van der Waals surface area contributed by atoms with Crippen molar-refractivity contribution in [2.75, 3.05) is 0 Å². The number of nitrogens with zero attached hydrogens (tertiary/aromatic N) is 1. The second-order valence-corrected chi connectivity index (χ2v) is 3.72. The van der Waals surface area contributed by atoms with E-state index >= 15 is 0 Å². The number of nitro benzene ring substituents is 1. The highest BCUT2D eigenvalue weighted by Gasteiger charge is 2.27. The summed E-state index contributed by atoms with van der Waals surface area (Å²) in [7, 11) is 0. The van der Waals surface area contributed by atoms with Gasteiger partial charge in [-0.15, -0.1) is 0 Å². The Hall–Kier alpha value is -2.44. The van der Waals surface area contributed by atoms with Crippen molar-refractivity contribution in [1.82, 2.24) is 0 Å². The van der Waals surface area contributed by atoms with Gasteiger partial charge in [0.15, 0.2) is 5.56 Å². The fourth-order valence-electron chi connectivity index (χ4n) is 1.36. The molecule has 0 saturated carbocycles. The number of esters is 1. The van der Waals surface area contributed by atoms with Gasteiger partial charge >= 0.3 is 11.9 Å². The SMILES string of the molecule is CC(C)OC(=O)c1cccc([N+](=O)[O-])c1C(=O)O. The topological polar surface area (TPSA) is 107 Å². The van der Waals surface area contributed by atoms with Crippen molar-refractivity contribution in [1.29, 1.82) is 0 Å². The lowest BCUT2D eigenvalue weighted by molar-refractivity contribution is -0.385. The minimum absolute atomic E-state index is 0.328. The smallest absolute Gasteiger partial charge is 0.343 e. The average molecular weight is 253 g/mol. The molecule has 1 aromatic rings. The van der Waals surface area contributed by atoms with Gasteiger partial charge in [-0.05, 0) is 19.9 Å². The summed E-state index contributed by atoms with van der Waals surface area (Å²) in [6.45, 7) is 3.19. The zero-order chi connectivity index (χ0) is 13.9. The number of hydrogen-bond donors (Lipinski definition) is 1. The van der Waals surface area contributed by atoms with Crippen LogP contribution in [-0.4, -0.2) is 28.1 Å². The fraction of sp³-hybridized carbons (Fsp3) is 0.273. The number of carbonyl (C=O) groups excluding carboxylic acids is 1. The quantitative estimate of drug-likeness (QED) is 0.498. The zero-order valence-corrected chi connectivity index (χ0v) is 9.75. The minimum Gasteiger partial charge on any atom is -0.477 e. The van der Waals surface area contributed by atoms with Gasteiger partial charge in [0.2, 0.25) is 0 Å². The highest BCUT2D eigenvalue weighted by Crippen LogP contribution is 2.23. The first-order valence-electron chi connectivity index (χ1n) is 5.06. The highest BCUT2D eigenvalue weighted by molar-refractivity contribution is 6.05. The predicted octanol–water partition coefficient (Wildman–Crippen LogP) is 1.86. The molecule has 1 aromatic carbocycles. The molecule has 1 N–H and O–H groups in total. The number of carboxylic acid groups (broad SMARTS) is 1. The molecular formula is C11H11NO6. The normalized spacial score (nSPS) is 10.2. The molecule has 96 valence electrons. The third-order valence-electron chi connectivity index (χ3n) is 2.02. The van der Waals surface area contributed by atoms with Gasteiger partial charge in [-0.3, -0.25) is 10.1 Å². The molecule has 7 nitrogen and oxygen atoms in total. The van der Waals surface area contributed by atoms with E-state index in [1.165, 1.54) is 12.1 Å². The van der Waals surface area contributed by atoms with Crippen LogP contribution >= 0.6 is 0 Å². The largest absolute Gasteiger partial charge is 0.477 e. The lowest BCUT2D eigenvalue weighted by Gasteiger charge is -2.09. The maximum Gasteiger partial charge on any atom is 0.343 e. The molecule has 1 rings (SSSR count). The first-order chi connectivity index (χ1) is 8.34. The maximum absolute atomic E-state index is 11.6. The number of ether oxygens (including phenoxy) is 1. The summed E-state index contributed by atoms with van der Waals surface area (Å²) >= 11 is 0. The summed E-state index contributed by atoms with van der Waals surface area (Å²) in [5, 5.41) is 19.7. The van der Waals surface area contributed by atoms with Crippen LogP contribution in [0.5, 0.6) is 0 Å². The van der Waals surface area contributed by atoms with Crippen LogP contribution < -0.4 is 0 Å². The summed E-state index contributed by atoms with van der Waals surface area (Å²) in [5.41, 5.74) is -1.63. The van der Waals surface area contributed by atoms with Crippen molar-refractivity contribution in [3.05, 3.63) is 39.4 Å². The monoisotopic (exact) mass is 253 g/mol. The van der Waals surface area contributed by atoms with E-state index in [4.69, 9.17) is 9.84 Å². The van der Waals surface area contributed by atoms with Crippen LogP contribution in [0.1, 0.15) is 34.6 Å². The van der Waals surface area contributed by atoms with E-state index in [2.05, 4.69) is 0 Å². The Kier molecular flexibility index (Phi) is 3.98. The van der Waals surface area contributed by atoms with E-state index in [-0.39, 0.29) is 5.56 Å². The molecule has 0 aliphatic carbocycles. The van der Waals surface area contributed by atoms with Gasteiger partial charge in [-0.2, -0.15) is 0 Å². The number of hydrogen-bond acceptors (Lipinski definition) is 5. The Morgan fingerprint density at radius 3 is 2.44 bits per heavy atom. The van der Waals surface area contributed by atoms with E-state index in [1.807, 2.05) is 0 Å². The molecule has 18 heavy (non-hydrogen) atoms. The van der Waals surface area contributed by atoms with E-state index in [9.17, 15) is 19.7 Å². The molecule has 7 heteroatoms. The molecule has 0 aromatic heterocycles. The summed E-state index contributed by atoms with van der Waals surface area (Å²) in [4.78, 5) is 32.5. The molecule has 0 bridgehead atoms.